The lowest BCUT2D eigenvalue weighted by Gasteiger charge is -2.39. The van der Waals surface area contributed by atoms with Crippen LogP contribution in [0.3, 0.4) is 0 Å². The van der Waals surface area contributed by atoms with Crippen LogP contribution in [-0.4, -0.2) is 26.6 Å². The zero-order valence-corrected chi connectivity index (χ0v) is 25.2. The highest BCUT2D eigenvalue weighted by atomic mass is 32.3. The van der Waals surface area contributed by atoms with E-state index in [4.69, 9.17) is 13.1 Å². The Bertz CT molecular complexity index is 1730. The second-order valence-electron chi connectivity index (χ2n) is 10.5. The highest BCUT2D eigenvalue weighted by Gasteiger charge is 2.38. The lowest BCUT2D eigenvalue weighted by Crippen LogP contribution is -2.27. The lowest BCUT2D eigenvalue weighted by atomic mass is 10.1. The summed E-state index contributed by atoms with van der Waals surface area (Å²) in [6.07, 6.45) is 0. The number of carbonyl (C=O) groups is 1. The molecule has 5 rings (SSSR count). The predicted molar refractivity (Wildman–Crippen MR) is 165 cm³/mol. The van der Waals surface area contributed by atoms with E-state index in [0.717, 1.165) is 5.39 Å². The second-order valence-corrected chi connectivity index (χ2v) is 14.9. The SMILES string of the molecule is CC(C)(C)OC(=O)COc1ccc(S(OS(=O)(=O)c2cccc3ccccc23)(c2ccccc2)c2ccccc2)cc1. The van der Waals surface area contributed by atoms with E-state index in [0.29, 0.717) is 25.8 Å². The van der Waals surface area contributed by atoms with Crippen LogP contribution in [0.1, 0.15) is 20.8 Å². The second kappa shape index (κ2) is 12.0. The van der Waals surface area contributed by atoms with Crippen LogP contribution in [0.4, 0.5) is 0 Å². The van der Waals surface area contributed by atoms with Gasteiger partial charge in [0.05, 0.1) is 0 Å². The first-order valence-corrected chi connectivity index (χ1v) is 16.4. The number of ether oxygens (including phenoxy) is 2. The quantitative estimate of drug-likeness (QED) is 0.159. The van der Waals surface area contributed by atoms with Gasteiger partial charge in [0.1, 0.15) is 16.2 Å². The van der Waals surface area contributed by atoms with Gasteiger partial charge in [0.25, 0.3) is 0 Å². The predicted octanol–water partition coefficient (Wildman–Crippen LogP) is 8.16. The number of hydrogen-bond acceptors (Lipinski definition) is 6. The Kier molecular flexibility index (Phi) is 8.41. The van der Waals surface area contributed by atoms with Crippen LogP contribution in [0.15, 0.2) is 147 Å². The molecule has 0 amide bonds. The number of carbonyl (C=O) groups excluding carboxylic acids is 1. The molecule has 0 spiro atoms. The largest absolute Gasteiger partial charge is 0.482 e. The average molecular weight is 601 g/mol. The van der Waals surface area contributed by atoms with Crippen LogP contribution < -0.4 is 4.74 Å². The van der Waals surface area contributed by atoms with E-state index in [9.17, 15) is 13.2 Å². The molecule has 0 fully saturated rings. The molecule has 0 aliphatic heterocycles. The molecule has 0 atom stereocenters. The summed E-state index contributed by atoms with van der Waals surface area (Å²) in [5.41, 5.74) is -0.620. The van der Waals surface area contributed by atoms with Crippen molar-refractivity contribution in [2.45, 2.75) is 46.0 Å². The van der Waals surface area contributed by atoms with Gasteiger partial charge in [0.2, 0.25) is 0 Å². The van der Waals surface area contributed by atoms with Crippen molar-refractivity contribution in [3.05, 3.63) is 127 Å². The van der Waals surface area contributed by atoms with Gasteiger partial charge < -0.3 is 9.47 Å². The number of fused-ring (bicyclic) bond motifs is 1. The van der Waals surface area contributed by atoms with E-state index < -0.39 is 32.0 Å². The minimum absolute atomic E-state index is 0.0988. The zero-order valence-electron chi connectivity index (χ0n) is 23.6. The number of benzene rings is 5. The standard InChI is InChI=1S/C34H32O6S2/c1-34(2,3)39-33(35)25-38-27-21-23-30(24-22-27)41(28-15-6-4-7-16-28,29-17-8-5-9-18-29)40-42(36,37)32-20-12-14-26-13-10-11-19-31(26)32/h4-24H,25H2,1-3H3. The third-order valence-corrected chi connectivity index (χ3v) is 11.5. The number of rotatable bonds is 9. The first-order chi connectivity index (χ1) is 20.1. The summed E-state index contributed by atoms with van der Waals surface area (Å²) in [6, 6.07) is 38.3. The molecule has 0 saturated heterocycles. The fourth-order valence-electron chi connectivity index (χ4n) is 4.58. The van der Waals surface area contributed by atoms with E-state index in [1.807, 2.05) is 84.9 Å². The Morgan fingerprint density at radius 2 is 1.17 bits per heavy atom. The molecule has 5 aromatic carbocycles. The van der Waals surface area contributed by atoms with Gasteiger partial charge in [-0.15, -0.1) is 0 Å². The Morgan fingerprint density at radius 1 is 0.643 bits per heavy atom. The molecule has 0 unspecified atom stereocenters. The molecule has 0 radical (unpaired) electrons. The van der Waals surface area contributed by atoms with Crippen molar-refractivity contribution in [2.24, 2.45) is 0 Å². The van der Waals surface area contributed by atoms with E-state index in [-0.39, 0.29) is 11.5 Å². The minimum Gasteiger partial charge on any atom is -0.482 e. The summed E-state index contributed by atoms with van der Waals surface area (Å²) >= 11 is 0. The topological polar surface area (TPSA) is 78.9 Å². The number of hydrogen-bond donors (Lipinski definition) is 0. The van der Waals surface area contributed by atoms with Crippen LogP contribution in [0.2, 0.25) is 0 Å². The highest BCUT2D eigenvalue weighted by molar-refractivity contribution is 8.33. The van der Waals surface area contributed by atoms with Crippen molar-refractivity contribution in [3.8, 4) is 5.75 Å². The maximum absolute atomic E-state index is 14.3. The van der Waals surface area contributed by atoms with Gasteiger partial charge in [-0.3, -0.25) is 0 Å². The van der Waals surface area contributed by atoms with Crippen LogP contribution >= 0.6 is 10.3 Å². The molecule has 5 aromatic rings. The molecule has 0 N–H and O–H groups in total. The molecule has 6 nitrogen and oxygen atoms in total. The molecule has 0 saturated carbocycles. The first-order valence-electron chi connectivity index (χ1n) is 13.4. The fraction of sp³-hybridized carbons (Fsp3) is 0.147. The zero-order chi connectivity index (χ0) is 29.8. The smallest absolute Gasteiger partial charge is 0.344 e. The molecular weight excluding hydrogens is 569 g/mol. The summed E-state index contributed by atoms with van der Waals surface area (Å²) in [7, 11) is -7.11. The molecule has 42 heavy (non-hydrogen) atoms. The molecular formula is C34H32O6S2. The lowest BCUT2D eigenvalue weighted by molar-refractivity contribution is -0.157. The van der Waals surface area contributed by atoms with Crippen LogP contribution in [0, 0.1) is 0 Å². The van der Waals surface area contributed by atoms with Gasteiger partial charge in [-0.05, 0) is 91.1 Å². The van der Waals surface area contributed by atoms with Crippen molar-refractivity contribution in [1.82, 2.24) is 0 Å². The van der Waals surface area contributed by atoms with Crippen LogP contribution in [0.25, 0.3) is 10.8 Å². The van der Waals surface area contributed by atoms with Gasteiger partial charge in [0, 0.05) is 20.1 Å². The van der Waals surface area contributed by atoms with E-state index in [1.54, 1.807) is 63.2 Å². The summed E-state index contributed by atoms with van der Waals surface area (Å²) in [6.45, 7) is 5.13. The van der Waals surface area contributed by atoms with Crippen molar-refractivity contribution < 1.29 is 26.3 Å². The normalized spacial score (nSPS) is 12.5. The third kappa shape index (κ3) is 6.36. The summed E-state index contributed by atoms with van der Waals surface area (Å²) < 4.78 is 46.1. The van der Waals surface area contributed by atoms with Crippen LogP contribution in [0.5, 0.6) is 5.75 Å². The maximum atomic E-state index is 14.3. The van der Waals surface area contributed by atoms with Gasteiger partial charge in [0.15, 0.2) is 6.61 Å². The molecule has 0 aromatic heterocycles. The molecule has 0 aliphatic rings. The Morgan fingerprint density at radius 3 is 1.76 bits per heavy atom. The minimum atomic E-state index is -4.29. The van der Waals surface area contributed by atoms with E-state index in [2.05, 4.69) is 0 Å². The van der Waals surface area contributed by atoms with Crippen molar-refractivity contribution >= 4 is 37.2 Å². The van der Waals surface area contributed by atoms with Crippen molar-refractivity contribution in [1.29, 1.82) is 0 Å². The maximum Gasteiger partial charge on any atom is 0.344 e. The van der Waals surface area contributed by atoms with Crippen molar-refractivity contribution in [2.75, 3.05) is 6.61 Å². The van der Waals surface area contributed by atoms with Gasteiger partial charge >= 0.3 is 16.1 Å². The Labute approximate surface area is 248 Å². The summed E-state index contributed by atoms with van der Waals surface area (Å²) in [4.78, 5) is 14.3. The third-order valence-electron chi connectivity index (χ3n) is 6.29. The van der Waals surface area contributed by atoms with Gasteiger partial charge in [-0.2, -0.15) is 8.42 Å². The summed E-state index contributed by atoms with van der Waals surface area (Å²) in [5, 5.41) is 1.38. The molecule has 0 bridgehead atoms. The van der Waals surface area contributed by atoms with Gasteiger partial charge in [-0.25, -0.2) is 8.42 Å². The highest BCUT2D eigenvalue weighted by Crippen LogP contribution is 2.70. The summed E-state index contributed by atoms with van der Waals surface area (Å²) in [5.74, 6) is -0.0411. The van der Waals surface area contributed by atoms with E-state index in [1.165, 1.54) is 0 Å². The Hall–Kier alpha value is -4.11. The first kappa shape index (κ1) is 29.4. The fourth-order valence-corrected chi connectivity index (χ4v) is 10.0. The van der Waals surface area contributed by atoms with Gasteiger partial charge in [-0.1, -0.05) is 72.8 Å². The van der Waals surface area contributed by atoms with E-state index >= 15 is 0 Å². The molecule has 0 aliphatic carbocycles. The molecule has 216 valence electrons. The van der Waals surface area contributed by atoms with Crippen molar-refractivity contribution in [3.63, 3.8) is 0 Å². The molecule has 8 heteroatoms. The number of esters is 1. The molecule has 0 heterocycles. The monoisotopic (exact) mass is 600 g/mol. The average Bonchev–Trinajstić information content (AvgIpc) is 2.99. The Balaban J connectivity index is 1.62. The van der Waals surface area contributed by atoms with Crippen LogP contribution in [-0.2, 0) is 23.3 Å².